The van der Waals surface area contributed by atoms with E-state index in [0.29, 0.717) is 12.3 Å². The Hall–Kier alpha value is -0.710. The van der Waals surface area contributed by atoms with Crippen molar-refractivity contribution in [1.29, 1.82) is 0 Å². The van der Waals surface area contributed by atoms with E-state index in [-0.39, 0.29) is 11.9 Å². The van der Waals surface area contributed by atoms with Gasteiger partial charge in [-0.25, -0.2) is 0 Å². The van der Waals surface area contributed by atoms with Crippen molar-refractivity contribution in [2.24, 2.45) is 11.1 Å². The highest BCUT2D eigenvalue weighted by Crippen LogP contribution is 2.29. The van der Waals surface area contributed by atoms with Crippen molar-refractivity contribution in [2.45, 2.75) is 25.5 Å². The zero-order chi connectivity index (χ0) is 10.6. The summed E-state index contributed by atoms with van der Waals surface area (Å²) in [5, 5.41) is 11.5. The van der Waals surface area contributed by atoms with Gasteiger partial charge in [0.1, 0.15) is 5.25 Å². The van der Waals surface area contributed by atoms with Gasteiger partial charge in [-0.15, -0.1) is 11.8 Å². The summed E-state index contributed by atoms with van der Waals surface area (Å²) in [4.78, 5) is 11.5. The molecule has 0 aromatic carbocycles. The number of carbonyl (C=O) groups is 1. The van der Waals surface area contributed by atoms with Crippen LogP contribution < -0.4 is 0 Å². The van der Waals surface area contributed by atoms with Crippen molar-refractivity contribution in [3.05, 3.63) is 0 Å². The normalized spacial score (nSPS) is 29.4. The molecule has 0 amide bonds. The predicted molar refractivity (Wildman–Crippen MR) is 55.9 cm³/mol. The van der Waals surface area contributed by atoms with Crippen LogP contribution in [0.2, 0.25) is 0 Å². The molecular weight excluding hydrogens is 202 g/mol. The van der Waals surface area contributed by atoms with Crippen LogP contribution in [-0.4, -0.2) is 34.5 Å². The lowest BCUT2D eigenvalue weighted by Gasteiger charge is -2.09. The fraction of sp³-hybridized carbons (Fsp3) is 0.778. The molecule has 80 valence electrons. The Kier molecular flexibility index (Phi) is 4.25. The Morgan fingerprint density at radius 3 is 3.07 bits per heavy atom. The summed E-state index contributed by atoms with van der Waals surface area (Å²) in [5.74, 6) is 0.684. The Balaban J connectivity index is 2.56. The number of thioether (sulfide) groups is 1. The number of nitrogens with zero attached hydrogens (tertiary/aromatic N) is 1. The van der Waals surface area contributed by atoms with E-state index < -0.39 is 5.25 Å². The van der Waals surface area contributed by atoms with Crippen molar-refractivity contribution in [3.63, 3.8) is 0 Å². The number of ether oxygens (including phenoxy) is 1. The van der Waals surface area contributed by atoms with Crippen LogP contribution in [0.3, 0.4) is 0 Å². The van der Waals surface area contributed by atoms with Crippen LogP contribution in [0.1, 0.15) is 20.3 Å². The third-order valence-corrected chi connectivity index (χ3v) is 3.52. The molecule has 1 saturated heterocycles. The molecule has 1 rings (SSSR count). The molecule has 4 nitrogen and oxygen atoms in total. The van der Waals surface area contributed by atoms with Gasteiger partial charge in [-0.1, -0.05) is 19.0 Å². The van der Waals surface area contributed by atoms with Crippen molar-refractivity contribution in [2.75, 3.05) is 12.4 Å². The van der Waals surface area contributed by atoms with Gasteiger partial charge in [0, 0.05) is 11.7 Å². The van der Waals surface area contributed by atoms with Crippen LogP contribution in [0.15, 0.2) is 5.16 Å². The van der Waals surface area contributed by atoms with E-state index in [1.807, 2.05) is 13.8 Å². The molecule has 5 heteroatoms. The van der Waals surface area contributed by atoms with Gasteiger partial charge in [-0.3, -0.25) is 4.79 Å². The molecule has 1 heterocycles. The molecule has 14 heavy (non-hydrogen) atoms. The highest BCUT2D eigenvalue weighted by Gasteiger charge is 2.36. The SMILES string of the molecule is CCCOC(=O)C1SCC(C)C1=NO. The Morgan fingerprint density at radius 2 is 2.50 bits per heavy atom. The maximum Gasteiger partial charge on any atom is 0.325 e. The third-order valence-electron chi connectivity index (χ3n) is 2.06. The molecule has 0 spiro atoms. The second kappa shape index (κ2) is 5.24. The lowest BCUT2D eigenvalue weighted by molar-refractivity contribution is -0.141. The van der Waals surface area contributed by atoms with Crippen molar-refractivity contribution >= 4 is 23.4 Å². The highest BCUT2D eigenvalue weighted by atomic mass is 32.2. The van der Waals surface area contributed by atoms with E-state index >= 15 is 0 Å². The number of hydrogen-bond acceptors (Lipinski definition) is 5. The van der Waals surface area contributed by atoms with E-state index in [1.165, 1.54) is 11.8 Å². The van der Waals surface area contributed by atoms with Gasteiger partial charge >= 0.3 is 5.97 Å². The molecular formula is C9H15NO3S. The summed E-state index contributed by atoms with van der Waals surface area (Å²) in [6.45, 7) is 4.32. The van der Waals surface area contributed by atoms with Crippen LogP contribution in [0, 0.1) is 5.92 Å². The van der Waals surface area contributed by atoms with Crippen LogP contribution in [0.4, 0.5) is 0 Å². The molecule has 0 radical (unpaired) electrons. The molecule has 0 saturated carbocycles. The molecule has 0 aromatic heterocycles. The van der Waals surface area contributed by atoms with Gasteiger partial charge in [-0.05, 0) is 6.42 Å². The van der Waals surface area contributed by atoms with Gasteiger partial charge in [0.05, 0.1) is 12.3 Å². The van der Waals surface area contributed by atoms with Gasteiger partial charge in [0.25, 0.3) is 0 Å². The second-order valence-corrected chi connectivity index (χ2v) is 4.44. The molecule has 0 aromatic rings. The van der Waals surface area contributed by atoms with E-state index in [9.17, 15) is 4.79 Å². The fourth-order valence-electron chi connectivity index (χ4n) is 1.29. The van der Waals surface area contributed by atoms with Crippen molar-refractivity contribution in [3.8, 4) is 0 Å². The summed E-state index contributed by atoms with van der Waals surface area (Å²) >= 11 is 1.48. The molecule has 1 N–H and O–H groups in total. The van der Waals surface area contributed by atoms with Crippen molar-refractivity contribution < 1.29 is 14.7 Å². The van der Waals surface area contributed by atoms with Gasteiger partial charge in [0.2, 0.25) is 0 Å². The third kappa shape index (κ3) is 2.41. The van der Waals surface area contributed by atoms with Crippen LogP contribution in [0.25, 0.3) is 0 Å². The Morgan fingerprint density at radius 1 is 1.79 bits per heavy atom. The average molecular weight is 217 g/mol. The van der Waals surface area contributed by atoms with E-state index in [0.717, 1.165) is 12.2 Å². The average Bonchev–Trinajstić information content (AvgIpc) is 2.55. The Labute approximate surface area is 87.7 Å². The molecule has 0 aliphatic carbocycles. The number of oxime groups is 1. The number of rotatable bonds is 3. The first kappa shape index (κ1) is 11.4. The summed E-state index contributed by atoms with van der Waals surface area (Å²) in [6.07, 6.45) is 0.810. The minimum absolute atomic E-state index is 0.157. The lowest BCUT2D eigenvalue weighted by atomic mass is 10.1. The number of carbonyl (C=O) groups excluding carboxylic acids is 1. The predicted octanol–water partition coefficient (Wildman–Crippen LogP) is 1.52. The monoisotopic (exact) mass is 217 g/mol. The summed E-state index contributed by atoms with van der Waals surface area (Å²) in [7, 11) is 0. The summed E-state index contributed by atoms with van der Waals surface area (Å²) in [6, 6.07) is 0. The maximum absolute atomic E-state index is 11.5. The molecule has 2 unspecified atom stereocenters. The van der Waals surface area contributed by atoms with E-state index in [1.54, 1.807) is 0 Å². The number of esters is 1. The smallest absolute Gasteiger partial charge is 0.325 e. The van der Waals surface area contributed by atoms with Gasteiger partial charge in [-0.2, -0.15) is 0 Å². The summed E-state index contributed by atoms with van der Waals surface area (Å²) in [5.41, 5.74) is 0.538. The first-order chi connectivity index (χ1) is 6.70. The zero-order valence-corrected chi connectivity index (χ0v) is 9.21. The standard InChI is InChI=1S/C9H15NO3S/c1-3-4-13-9(11)8-7(10-12)6(2)5-14-8/h6,8,12H,3-5H2,1-2H3. The quantitative estimate of drug-likeness (QED) is 0.442. The molecule has 1 aliphatic heterocycles. The molecule has 1 aliphatic rings. The molecule has 2 atom stereocenters. The van der Waals surface area contributed by atoms with Crippen LogP contribution in [0.5, 0.6) is 0 Å². The van der Waals surface area contributed by atoms with Crippen LogP contribution in [-0.2, 0) is 9.53 Å². The summed E-state index contributed by atoms with van der Waals surface area (Å²) < 4.78 is 5.00. The largest absolute Gasteiger partial charge is 0.465 e. The number of hydrogen-bond donors (Lipinski definition) is 1. The van der Waals surface area contributed by atoms with Gasteiger partial charge in [0.15, 0.2) is 0 Å². The first-order valence-corrected chi connectivity index (χ1v) is 5.75. The topological polar surface area (TPSA) is 58.9 Å². The molecule has 0 bridgehead atoms. The van der Waals surface area contributed by atoms with Gasteiger partial charge < -0.3 is 9.94 Å². The minimum atomic E-state index is -0.401. The first-order valence-electron chi connectivity index (χ1n) is 4.70. The van der Waals surface area contributed by atoms with E-state index in [2.05, 4.69) is 5.16 Å². The Bertz CT molecular complexity index is 242. The van der Waals surface area contributed by atoms with Crippen LogP contribution >= 0.6 is 11.8 Å². The lowest BCUT2D eigenvalue weighted by Crippen LogP contribution is -2.27. The van der Waals surface area contributed by atoms with Crippen molar-refractivity contribution in [1.82, 2.24) is 0 Å². The molecule has 1 fully saturated rings. The van der Waals surface area contributed by atoms with E-state index in [4.69, 9.17) is 9.94 Å². The minimum Gasteiger partial charge on any atom is -0.465 e. The maximum atomic E-state index is 11.5. The zero-order valence-electron chi connectivity index (χ0n) is 8.40. The highest BCUT2D eigenvalue weighted by molar-refractivity contribution is 8.01. The second-order valence-electron chi connectivity index (χ2n) is 3.31. The fourth-order valence-corrected chi connectivity index (χ4v) is 2.59.